The molecule has 0 bridgehead atoms. The number of ether oxygens (including phenoxy) is 1. The lowest BCUT2D eigenvalue weighted by atomic mass is 10.0. The van der Waals surface area contributed by atoms with Crippen molar-refractivity contribution in [1.29, 1.82) is 0 Å². The van der Waals surface area contributed by atoms with Crippen LogP contribution >= 0.6 is 0 Å². The van der Waals surface area contributed by atoms with Crippen LogP contribution in [0.3, 0.4) is 0 Å². The van der Waals surface area contributed by atoms with E-state index in [4.69, 9.17) is 10.5 Å². The zero-order valence-corrected chi connectivity index (χ0v) is 10.3. The van der Waals surface area contributed by atoms with E-state index < -0.39 is 5.54 Å². The topological polar surface area (TPSA) is 64.3 Å². The average molecular weight is 216 g/mol. The number of hydrogen-bond donors (Lipinski definition) is 2. The highest BCUT2D eigenvalue weighted by molar-refractivity contribution is 5.84. The molecule has 0 rings (SSSR count). The Labute approximate surface area is 92.6 Å². The molecule has 1 amide bonds. The molecule has 90 valence electrons. The molecular formula is C11H24N2O2. The summed E-state index contributed by atoms with van der Waals surface area (Å²) in [5, 5.41) is 3.05. The Hall–Kier alpha value is -0.610. The monoisotopic (exact) mass is 216 g/mol. The molecule has 1 atom stereocenters. The van der Waals surface area contributed by atoms with Crippen molar-refractivity contribution in [3.05, 3.63) is 0 Å². The fraction of sp³-hybridized carbons (Fsp3) is 0.909. The molecule has 15 heavy (non-hydrogen) atoms. The Morgan fingerprint density at radius 2 is 2.13 bits per heavy atom. The molecule has 3 N–H and O–H groups in total. The number of carbonyl (C=O) groups excluding carboxylic acids is 1. The number of nitrogens with two attached hydrogens (primary N) is 1. The predicted molar refractivity (Wildman–Crippen MR) is 61.6 cm³/mol. The summed E-state index contributed by atoms with van der Waals surface area (Å²) >= 11 is 0. The van der Waals surface area contributed by atoms with Gasteiger partial charge in [-0.1, -0.05) is 20.8 Å². The largest absolute Gasteiger partial charge is 0.379 e. The maximum atomic E-state index is 11.2. The van der Waals surface area contributed by atoms with E-state index in [0.29, 0.717) is 25.7 Å². The van der Waals surface area contributed by atoms with Gasteiger partial charge in [-0.15, -0.1) is 0 Å². The summed E-state index contributed by atoms with van der Waals surface area (Å²) in [6, 6.07) is 0. The van der Waals surface area contributed by atoms with Gasteiger partial charge in [0.25, 0.3) is 0 Å². The Balaban J connectivity index is 3.92. The molecule has 0 spiro atoms. The van der Waals surface area contributed by atoms with Crippen LogP contribution in [-0.4, -0.2) is 31.2 Å². The first-order chi connectivity index (χ1) is 6.92. The smallest absolute Gasteiger partial charge is 0.239 e. The van der Waals surface area contributed by atoms with Gasteiger partial charge in [0, 0.05) is 6.61 Å². The first-order valence-electron chi connectivity index (χ1n) is 5.55. The van der Waals surface area contributed by atoms with Gasteiger partial charge < -0.3 is 15.8 Å². The standard InChI is InChI=1S/C11H24N2O2/c1-5-13-11(4,10(12)14)8-15-7-6-9(2)3/h9,13H,5-8H2,1-4H3,(H2,12,14). The van der Waals surface area contributed by atoms with E-state index in [1.165, 1.54) is 0 Å². The van der Waals surface area contributed by atoms with Gasteiger partial charge in [-0.05, 0) is 25.8 Å². The molecule has 0 aliphatic heterocycles. The van der Waals surface area contributed by atoms with Gasteiger partial charge in [0.15, 0.2) is 0 Å². The molecule has 1 unspecified atom stereocenters. The van der Waals surface area contributed by atoms with Crippen LogP contribution in [0.25, 0.3) is 0 Å². The Morgan fingerprint density at radius 3 is 2.53 bits per heavy atom. The van der Waals surface area contributed by atoms with E-state index >= 15 is 0 Å². The molecule has 0 radical (unpaired) electrons. The maximum absolute atomic E-state index is 11.2. The van der Waals surface area contributed by atoms with Crippen molar-refractivity contribution in [3.8, 4) is 0 Å². The van der Waals surface area contributed by atoms with E-state index in [0.717, 1.165) is 6.42 Å². The van der Waals surface area contributed by atoms with E-state index in [-0.39, 0.29) is 5.91 Å². The molecule has 0 saturated heterocycles. The van der Waals surface area contributed by atoms with Gasteiger partial charge in [-0.25, -0.2) is 0 Å². The second kappa shape index (κ2) is 6.80. The molecule has 0 saturated carbocycles. The minimum Gasteiger partial charge on any atom is -0.379 e. The molecule has 0 aliphatic rings. The highest BCUT2D eigenvalue weighted by atomic mass is 16.5. The van der Waals surface area contributed by atoms with Crippen molar-refractivity contribution in [2.45, 2.75) is 39.7 Å². The van der Waals surface area contributed by atoms with E-state index in [1.807, 2.05) is 6.92 Å². The van der Waals surface area contributed by atoms with Crippen molar-refractivity contribution in [2.75, 3.05) is 19.8 Å². The van der Waals surface area contributed by atoms with E-state index in [2.05, 4.69) is 19.2 Å². The molecule has 0 aromatic rings. The fourth-order valence-corrected chi connectivity index (χ4v) is 1.19. The Morgan fingerprint density at radius 1 is 1.53 bits per heavy atom. The lowest BCUT2D eigenvalue weighted by molar-refractivity contribution is -0.126. The summed E-state index contributed by atoms with van der Waals surface area (Å²) in [7, 11) is 0. The van der Waals surface area contributed by atoms with Gasteiger partial charge in [0.2, 0.25) is 5.91 Å². The number of hydrogen-bond acceptors (Lipinski definition) is 3. The first kappa shape index (κ1) is 14.4. The minimum atomic E-state index is -0.744. The van der Waals surface area contributed by atoms with Gasteiger partial charge in [0.1, 0.15) is 5.54 Å². The van der Waals surface area contributed by atoms with E-state index in [9.17, 15) is 4.79 Å². The van der Waals surface area contributed by atoms with Crippen LogP contribution in [0.1, 0.15) is 34.1 Å². The minimum absolute atomic E-state index is 0.336. The first-order valence-corrected chi connectivity index (χ1v) is 5.55. The molecular weight excluding hydrogens is 192 g/mol. The summed E-state index contributed by atoms with van der Waals surface area (Å²) in [6.45, 7) is 9.70. The normalized spacial score (nSPS) is 15.3. The predicted octanol–water partition coefficient (Wildman–Crippen LogP) is 0.903. The maximum Gasteiger partial charge on any atom is 0.239 e. The fourth-order valence-electron chi connectivity index (χ4n) is 1.19. The van der Waals surface area contributed by atoms with Gasteiger partial charge in [0.05, 0.1) is 6.61 Å². The summed E-state index contributed by atoms with van der Waals surface area (Å²) in [6.07, 6.45) is 1.00. The average Bonchev–Trinajstić information content (AvgIpc) is 2.12. The molecule has 0 heterocycles. The Kier molecular flexibility index (Phi) is 6.52. The van der Waals surface area contributed by atoms with Crippen LogP contribution in [-0.2, 0) is 9.53 Å². The van der Waals surface area contributed by atoms with Gasteiger partial charge >= 0.3 is 0 Å². The number of amides is 1. The van der Waals surface area contributed by atoms with Crippen LogP contribution in [0.5, 0.6) is 0 Å². The lowest BCUT2D eigenvalue weighted by Crippen LogP contribution is -2.56. The Bertz CT molecular complexity index is 195. The SMILES string of the molecule is CCNC(C)(COCCC(C)C)C(N)=O. The number of rotatable bonds is 8. The molecule has 0 aliphatic carbocycles. The van der Waals surface area contributed by atoms with Crippen LogP contribution in [0.2, 0.25) is 0 Å². The van der Waals surface area contributed by atoms with Crippen molar-refractivity contribution >= 4 is 5.91 Å². The van der Waals surface area contributed by atoms with Crippen molar-refractivity contribution in [2.24, 2.45) is 11.7 Å². The molecule has 0 aromatic carbocycles. The molecule has 0 fully saturated rings. The number of carbonyl (C=O) groups is 1. The number of nitrogens with one attached hydrogen (secondary N) is 1. The summed E-state index contributed by atoms with van der Waals surface area (Å²) in [5.74, 6) is 0.248. The molecule has 4 nitrogen and oxygen atoms in total. The van der Waals surface area contributed by atoms with Gasteiger partial charge in [-0.3, -0.25) is 4.79 Å². The highest BCUT2D eigenvalue weighted by Crippen LogP contribution is 2.05. The lowest BCUT2D eigenvalue weighted by Gasteiger charge is -2.26. The van der Waals surface area contributed by atoms with Crippen molar-refractivity contribution < 1.29 is 9.53 Å². The third kappa shape index (κ3) is 5.74. The second-order valence-electron chi connectivity index (χ2n) is 4.46. The number of primary amides is 1. The molecule has 4 heteroatoms. The van der Waals surface area contributed by atoms with Crippen LogP contribution in [0.4, 0.5) is 0 Å². The summed E-state index contributed by atoms with van der Waals surface area (Å²) < 4.78 is 5.46. The molecule has 0 aromatic heterocycles. The third-order valence-electron chi connectivity index (χ3n) is 2.34. The highest BCUT2D eigenvalue weighted by Gasteiger charge is 2.29. The third-order valence-corrected chi connectivity index (χ3v) is 2.34. The van der Waals surface area contributed by atoms with Crippen molar-refractivity contribution in [3.63, 3.8) is 0 Å². The summed E-state index contributed by atoms with van der Waals surface area (Å²) in [4.78, 5) is 11.2. The van der Waals surface area contributed by atoms with Crippen molar-refractivity contribution in [1.82, 2.24) is 5.32 Å². The van der Waals surface area contributed by atoms with Gasteiger partial charge in [-0.2, -0.15) is 0 Å². The van der Waals surface area contributed by atoms with Crippen LogP contribution in [0.15, 0.2) is 0 Å². The van der Waals surface area contributed by atoms with Crippen LogP contribution < -0.4 is 11.1 Å². The zero-order chi connectivity index (χ0) is 11.9. The number of likely N-dealkylation sites (N-methyl/N-ethyl adjacent to an activating group) is 1. The van der Waals surface area contributed by atoms with Crippen LogP contribution in [0, 0.1) is 5.92 Å². The second-order valence-corrected chi connectivity index (χ2v) is 4.46. The quantitative estimate of drug-likeness (QED) is 0.593. The summed E-state index contributed by atoms with van der Waals surface area (Å²) in [5.41, 5.74) is 4.57. The van der Waals surface area contributed by atoms with E-state index in [1.54, 1.807) is 6.92 Å². The zero-order valence-electron chi connectivity index (χ0n) is 10.3.